The number of nitrogens with zero attached hydrogens (tertiary/aromatic N) is 2. The van der Waals surface area contributed by atoms with E-state index in [1.165, 1.54) is 0 Å². The van der Waals surface area contributed by atoms with Crippen LogP contribution in [-0.2, 0) is 4.74 Å². The number of nitrogens with two attached hydrogens (primary N) is 1. The molecule has 0 aromatic rings. The van der Waals surface area contributed by atoms with Gasteiger partial charge in [0.2, 0.25) is 0 Å². The second-order valence-corrected chi connectivity index (χ2v) is 7.23. The fourth-order valence-corrected chi connectivity index (χ4v) is 2.15. The number of carbonyl (C=O) groups is 1. The number of rotatable bonds is 5. The van der Waals surface area contributed by atoms with E-state index in [0.717, 1.165) is 26.1 Å². The number of hydrogen-bond donors (Lipinski definition) is 2. The van der Waals surface area contributed by atoms with Gasteiger partial charge in [-0.05, 0) is 40.3 Å². The van der Waals surface area contributed by atoms with E-state index < -0.39 is 5.60 Å². The molecule has 1 fully saturated rings. The van der Waals surface area contributed by atoms with Crippen LogP contribution < -0.4 is 5.73 Å². The average molecular weight is 301 g/mol. The first-order valence-electron chi connectivity index (χ1n) is 7.70. The Labute approximate surface area is 128 Å². The molecule has 0 aliphatic carbocycles. The molecule has 21 heavy (non-hydrogen) atoms. The van der Waals surface area contributed by atoms with Crippen molar-refractivity contribution in [2.24, 2.45) is 11.1 Å². The molecule has 1 amide bonds. The number of piperazine rings is 1. The molecular weight excluding hydrogens is 270 g/mol. The molecule has 1 aliphatic heterocycles. The van der Waals surface area contributed by atoms with Crippen LogP contribution in [0.3, 0.4) is 0 Å². The molecule has 0 aromatic carbocycles. The van der Waals surface area contributed by atoms with Crippen molar-refractivity contribution in [3.05, 3.63) is 0 Å². The highest BCUT2D eigenvalue weighted by molar-refractivity contribution is 5.68. The largest absolute Gasteiger partial charge is 0.444 e. The zero-order valence-corrected chi connectivity index (χ0v) is 13.9. The lowest BCUT2D eigenvalue weighted by Gasteiger charge is -2.37. The zero-order valence-electron chi connectivity index (χ0n) is 13.9. The van der Waals surface area contributed by atoms with Crippen molar-refractivity contribution >= 4 is 6.09 Å². The van der Waals surface area contributed by atoms with E-state index in [1.807, 2.05) is 27.7 Å². The Morgan fingerprint density at radius 2 is 1.76 bits per heavy atom. The molecule has 0 bridgehead atoms. The Kier molecular flexibility index (Phi) is 6.43. The Bertz CT molecular complexity index is 330. The quantitative estimate of drug-likeness (QED) is 0.788. The van der Waals surface area contributed by atoms with Crippen LogP contribution in [0.15, 0.2) is 0 Å². The van der Waals surface area contributed by atoms with Crippen molar-refractivity contribution in [2.75, 3.05) is 45.9 Å². The highest BCUT2D eigenvalue weighted by Gasteiger charge is 2.27. The van der Waals surface area contributed by atoms with Crippen LogP contribution in [0.5, 0.6) is 0 Å². The molecule has 1 heterocycles. The van der Waals surface area contributed by atoms with Gasteiger partial charge in [-0.3, -0.25) is 4.90 Å². The molecule has 0 saturated carbocycles. The molecular formula is C15H31N3O3. The third-order valence-electron chi connectivity index (χ3n) is 3.93. The number of amides is 1. The van der Waals surface area contributed by atoms with Crippen molar-refractivity contribution in [3.8, 4) is 0 Å². The Hall–Kier alpha value is -0.850. The van der Waals surface area contributed by atoms with Crippen molar-refractivity contribution in [1.29, 1.82) is 0 Å². The van der Waals surface area contributed by atoms with Gasteiger partial charge >= 0.3 is 6.09 Å². The maximum atomic E-state index is 12.0. The molecule has 6 heteroatoms. The van der Waals surface area contributed by atoms with Gasteiger partial charge in [0.05, 0.1) is 0 Å². The van der Waals surface area contributed by atoms with Gasteiger partial charge in [0.15, 0.2) is 0 Å². The summed E-state index contributed by atoms with van der Waals surface area (Å²) in [6, 6.07) is 0. The Morgan fingerprint density at radius 1 is 1.19 bits per heavy atom. The average Bonchev–Trinajstić information content (AvgIpc) is 2.43. The van der Waals surface area contributed by atoms with Crippen LogP contribution in [0.4, 0.5) is 4.79 Å². The maximum Gasteiger partial charge on any atom is 0.410 e. The summed E-state index contributed by atoms with van der Waals surface area (Å²) in [6.45, 7) is 12.2. The minimum atomic E-state index is -0.446. The molecule has 3 N–H and O–H groups in total. The third kappa shape index (κ3) is 6.20. The predicted molar refractivity (Wildman–Crippen MR) is 83.1 cm³/mol. The van der Waals surface area contributed by atoms with E-state index in [9.17, 15) is 9.90 Å². The van der Waals surface area contributed by atoms with Gasteiger partial charge in [0.1, 0.15) is 5.60 Å². The lowest BCUT2D eigenvalue weighted by molar-refractivity contribution is 0.0130. The van der Waals surface area contributed by atoms with E-state index in [4.69, 9.17) is 10.5 Å². The highest BCUT2D eigenvalue weighted by Crippen LogP contribution is 2.20. The minimum Gasteiger partial charge on any atom is -0.444 e. The van der Waals surface area contributed by atoms with Gasteiger partial charge in [-0.15, -0.1) is 0 Å². The standard InChI is InChI=1S/C15H31N3O3/c1-14(2,3)21-13(20)18-9-7-17(8-10-18)6-5-15(4,11-16)12-19/h19H,5-12,16H2,1-4H3. The number of ether oxygens (including phenoxy) is 1. The molecule has 6 nitrogen and oxygen atoms in total. The monoisotopic (exact) mass is 301 g/mol. The smallest absolute Gasteiger partial charge is 0.410 e. The van der Waals surface area contributed by atoms with Crippen LogP contribution in [0, 0.1) is 5.41 Å². The molecule has 1 saturated heterocycles. The van der Waals surface area contributed by atoms with Gasteiger partial charge in [-0.1, -0.05) is 6.92 Å². The van der Waals surface area contributed by atoms with Crippen LogP contribution in [0.2, 0.25) is 0 Å². The fourth-order valence-electron chi connectivity index (χ4n) is 2.15. The second kappa shape index (κ2) is 7.42. The van der Waals surface area contributed by atoms with Crippen LogP contribution in [0.25, 0.3) is 0 Å². The summed E-state index contributed by atoms with van der Waals surface area (Å²) in [5.74, 6) is 0. The van der Waals surface area contributed by atoms with Gasteiger partial charge in [0.25, 0.3) is 0 Å². The molecule has 0 radical (unpaired) electrons. The molecule has 124 valence electrons. The predicted octanol–water partition coefficient (Wildman–Crippen LogP) is 0.887. The van der Waals surface area contributed by atoms with Gasteiger partial charge in [0, 0.05) is 38.2 Å². The second-order valence-electron chi connectivity index (χ2n) is 7.23. The van der Waals surface area contributed by atoms with Crippen LogP contribution in [-0.4, -0.2) is 72.5 Å². The minimum absolute atomic E-state index is 0.112. The number of aliphatic hydroxyl groups excluding tert-OH is 1. The first kappa shape index (κ1) is 18.2. The van der Waals surface area contributed by atoms with E-state index >= 15 is 0 Å². The van der Waals surface area contributed by atoms with Gasteiger partial charge < -0.3 is 20.5 Å². The summed E-state index contributed by atoms with van der Waals surface area (Å²) in [7, 11) is 0. The van der Waals surface area contributed by atoms with E-state index in [-0.39, 0.29) is 18.1 Å². The van der Waals surface area contributed by atoms with E-state index in [1.54, 1.807) is 4.90 Å². The summed E-state index contributed by atoms with van der Waals surface area (Å²) in [5.41, 5.74) is 5.05. The van der Waals surface area contributed by atoms with Crippen molar-refractivity contribution in [3.63, 3.8) is 0 Å². The third-order valence-corrected chi connectivity index (χ3v) is 3.93. The van der Waals surface area contributed by atoms with Crippen molar-refractivity contribution in [1.82, 2.24) is 9.80 Å². The lowest BCUT2D eigenvalue weighted by Crippen LogP contribution is -2.50. The summed E-state index contributed by atoms with van der Waals surface area (Å²) >= 11 is 0. The lowest BCUT2D eigenvalue weighted by atomic mass is 9.88. The van der Waals surface area contributed by atoms with Crippen LogP contribution >= 0.6 is 0 Å². The normalized spacial score (nSPS) is 20.2. The van der Waals surface area contributed by atoms with Gasteiger partial charge in [-0.2, -0.15) is 0 Å². The Balaban J connectivity index is 2.34. The molecule has 1 aliphatic rings. The Morgan fingerprint density at radius 3 is 2.19 bits per heavy atom. The summed E-state index contributed by atoms with van der Waals surface area (Å²) < 4.78 is 5.38. The maximum absolute atomic E-state index is 12.0. The van der Waals surface area contributed by atoms with E-state index in [2.05, 4.69) is 4.90 Å². The molecule has 1 unspecified atom stereocenters. The first-order chi connectivity index (χ1) is 9.69. The number of carbonyl (C=O) groups excluding carboxylic acids is 1. The fraction of sp³-hybridized carbons (Fsp3) is 0.933. The molecule has 1 atom stereocenters. The van der Waals surface area contributed by atoms with Gasteiger partial charge in [-0.25, -0.2) is 4.79 Å². The number of hydrogen-bond acceptors (Lipinski definition) is 5. The zero-order chi connectivity index (χ0) is 16.1. The van der Waals surface area contributed by atoms with Crippen LogP contribution in [0.1, 0.15) is 34.1 Å². The summed E-state index contributed by atoms with van der Waals surface area (Å²) in [5, 5.41) is 9.37. The molecule has 0 spiro atoms. The molecule has 1 rings (SSSR count). The summed E-state index contributed by atoms with van der Waals surface area (Å²) in [4.78, 5) is 16.0. The highest BCUT2D eigenvalue weighted by atomic mass is 16.6. The summed E-state index contributed by atoms with van der Waals surface area (Å²) in [6.07, 6.45) is 0.635. The first-order valence-corrected chi connectivity index (χ1v) is 7.70. The van der Waals surface area contributed by atoms with Crippen molar-refractivity contribution in [2.45, 2.75) is 39.7 Å². The number of aliphatic hydroxyl groups is 1. The van der Waals surface area contributed by atoms with E-state index in [0.29, 0.717) is 19.6 Å². The topological polar surface area (TPSA) is 79.0 Å². The SMILES string of the molecule is CC(CN)(CO)CCN1CCN(C(=O)OC(C)(C)C)CC1. The molecule has 0 aromatic heterocycles. The van der Waals surface area contributed by atoms with Crippen molar-refractivity contribution < 1.29 is 14.6 Å².